The molecule has 112 valence electrons. The van der Waals surface area contributed by atoms with Crippen LogP contribution in [0.25, 0.3) is 0 Å². The van der Waals surface area contributed by atoms with E-state index in [1.807, 2.05) is 42.2 Å². The molecule has 2 N–H and O–H groups in total. The maximum Gasteiger partial charge on any atom is 0.234 e. The fraction of sp³-hybridized carbons (Fsp3) is 0.562. The Morgan fingerprint density at radius 1 is 1.25 bits per heavy atom. The molecular weight excluding hydrogens is 252 g/mol. The van der Waals surface area contributed by atoms with Gasteiger partial charge in [-0.2, -0.15) is 0 Å². The third-order valence-corrected chi connectivity index (χ3v) is 3.42. The fourth-order valence-corrected chi connectivity index (χ4v) is 1.87. The Hall–Kier alpha value is -1.39. The van der Waals surface area contributed by atoms with Crippen molar-refractivity contribution in [3.05, 3.63) is 35.9 Å². The van der Waals surface area contributed by atoms with Gasteiger partial charge in [0.2, 0.25) is 5.91 Å². The lowest BCUT2D eigenvalue weighted by atomic mass is 10.1. The van der Waals surface area contributed by atoms with Gasteiger partial charge in [-0.05, 0) is 18.4 Å². The number of rotatable bonds is 8. The van der Waals surface area contributed by atoms with Crippen molar-refractivity contribution in [1.29, 1.82) is 0 Å². The summed E-state index contributed by atoms with van der Waals surface area (Å²) >= 11 is 0. The zero-order chi connectivity index (χ0) is 15.0. The summed E-state index contributed by atoms with van der Waals surface area (Å²) in [4.78, 5) is 14.0. The van der Waals surface area contributed by atoms with E-state index >= 15 is 0 Å². The van der Waals surface area contributed by atoms with E-state index in [9.17, 15) is 4.79 Å². The number of nitrogens with zero attached hydrogens (tertiary/aromatic N) is 1. The number of hydrogen-bond donors (Lipinski definition) is 2. The summed E-state index contributed by atoms with van der Waals surface area (Å²) in [5.41, 5.74) is 1.14. The second-order valence-corrected chi connectivity index (χ2v) is 5.52. The van der Waals surface area contributed by atoms with Crippen LogP contribution >= 0.6 is 0 Å². The number of benzene rings is 1. The number of aliphatic hydroxyl groups is 1. The number of hydrogen-bond acceptors (Lipinski definition) is 3. The number of aliphatic hydroxyl groups excluding tert-OH is 1. The van der Waals surface area contributed by atoms with E-state index in [1.54, 1.807) is 0 Å². The van der Waals surface area contributed by atoms with E-state index in [4.69, 9.17) is 5.11 Å². The van der Waals surface area contributed by atoms with Crippen LogP contribution in [0, 0.1) is 5.92 Å². The highest BCUT2D eigenvalue weighted by Gasteiger charge is 2.14. The van der Waals surface area contributed by atoms with Gasteiger partial charge >= 0.3 is 0 Å². The second-order valence-electron chi connectivity index (χ2n) is 5.52. The third-order valence-electron chi connectivity index (χ3n) is 3.42. The van der Waals surface area contributed by atoms with Gasteiger partial charge in [-0.1, -0.05) is 44.2 Å². The van der Waals surface area contributed by atoms with Crippen molar-refractivity contribution in [1.82, 2.24) is 10.2 Å². The van der Waals surface area contributed by atoms with E-state index in [0.29, 0.717) is 25.6 Å². The van der Waals surface area contributed by atoms with Crippen molar-refractivity contribution in [2.45, 2.75) is 33.4 Å². The Labute approximate surface area is 121 Å². The van der Waals surface area contributed by atoms with Crippen molar-refractivity contribution in [3.8, 4) is 0 Å². The van der Waals surface area contributed by atoms with Crippen LogP contribution in [0.1, 0.15) is 26.3 Å². The Morgan fingerprint density at radius 3 is 2.45 bits per heavy atom. The quantitative estimate of drug-likeness (QED) is 0.760. The van der Waals surface area contributed by atoms with Crippen molar-refractivity contribution in [3.63, 3.8) is 0 Å². The lowest BCUT2D eigenvalue weighted by Crippen LogP contribution is -2.43. The molecule has 0 aliphatic carbocycles. The minimum atomic E-state index is 0.00980. The molecule has 0 aliphatic heterocycles. The highest BCUT2D eigenvalue weighted by atomic mass is 16.3. The first-order valence-electron chi connectivity index (χ1n) is 7.19. The van der Waals surface area contributed by atoms with Crippen LogP contribution in [0.3, 0.4) is 0 Å². The molecule has 1 amide bonds. The minimum Gasteiger partial charge on any atom is -0.395 e. The highest BCUT2D eigenvalue weighted by Crippen LogP contribution is 2.04. The van der Waals surface area contributed by atoms with Crippen molar-refractivity contribution in [2.75, 3.05) is 19.7 Å². The Morgan fingerprint density at radius 2 is 1.90 bits per heavy atom. The minimum absolute atomic E-state index is 0.00980. The molecule has 1 aromatic carbocycles. The molecule has 0 saturated heterocycles. The molecule has 0 radical (unpaired) electrons. The van der Waals surface area contributed by atoms with Crippen LogP contribution in [0.2, 0.25) is 0 Å². The summed E-state index contributed by atoms with van der Waals surface area (Å²) in [6, 6.07) is 10.1. The van der Waals surface area contributed by atoms with Crippen LogP contribution in [0.5, 0.6) is 0 Å². The largest absolute Gasteiger partial charge is 0.395 e. The number of amides is 1. The monoisotopic (exact) mass is 278 g/mol. The van der Waals surface area contributed by atoms with Gasteiger partial charge in [0.05, 0.1) is 13.2 Å². The van der Waals surface area contributed by atoms with E-state index in [1.165, 1.54) is 0 Å². The summed E-state index contributed by atoms with van der Waals surface area (Å²) in [5, 5.41) is 12.1. The predicted octanol–water partition coefficient (Wildman–Crippen LogP) is 1.64. The number of nitrogens with one attached hydrogen (secondary N) is 1. The second kappa shape index (κ2) is 8.72. The molecule has 4 nitrogen and oxygen atoms in total. The third kappa shape index (κ3) is 6.17. The van der Waals surface area contributed by atoms with Crippen molar-refractivity contribution in [2.24, 2.45) is 5.92 Å². The van der Waals surface area contributed by atoms with E-state index < -0.39 is 0 Å². The fourth-order valence-electron chi connectivity index (χ4n) is 1.87. The maximum atomic E-state index is 12.0. The summed E-state index contributed by atoms with van der Waals surface area (Å²) in [7, 11) is 0. The summed E-state index contributed by atoms with van der Waals surface area (Å²) in [6.07, 6.45) is 0. The molecule has 0 spiro atoms. The SMILES string of the molecule is CC(C)C(C)NC(=O)CN(CCO)Cc1ccccc1. The van der Waals surface area contributed by atoms with Gasteiger partial charge < -0.3 is 10.4 Å². The highest BCUT2D eigenvalue weighted by molar-refractivity contribution is 5.78. The van der Waals surface area contributed by atoms with E-state index in [2.05, 4.69) is 19.2 Å². The summed E-state index contributed by atoms with van der Waals surface area (Å²) in [5.74, 6) is 0.426. The molecule has 1 unspecified atom stereocenters. The van der Waals surface area contributed by atoms with Crippen LogP contribution in [-0.4, -0.2) is 41.7 Å². The van der Waals surface area contributed by atoms with Crippen LogP contribution in [0.15, 0.2) is 30.3 Å². The zero-order valence-corrected chi connectivity index (χ0v) is 12.7. The molecule has 0 heterocycles. The lowest BCUT2D eigenvalue weighted by molar-refractivity contribution is -0.123. The Kier molecular flexibility index (Phi) is 7.26. The number of carbonyl (C=O) groups excluding carboxylic acids is 1. The lowest BCUT2D eigenvalue weighted by Gasteiger charge is -2.23. The van der Waals surface area contributed by atoms with Gasteiger partial charge in [0, 0.05) is 19.1 Å². The molecule has 0 aromatic heterocycles. The van der Waals surface area contributed by atoms with Crippen molar-refractivity contribution >= 4 is 5.91 Å². The average Bonchev–Trinajstić information content (AvgIpc) is 2.39. The predicted molar refractivity (Wildman–Crippen MR) is 81.2 cm³/mol. The first-order chi connectivity index (χ1) is 9.52. The normalized spacial score (nSPS) is 12.7. The molecule has 0 saturated carbocycles. The standard InChI is InChI=1S/C16H26N2O2/c1-13(2)14(3)17-16(20)12-18(9-10-19)11-15-7-5-4-6-8-15/h4-8,13-14,19H,9-12H2,1-3H3,(H,17,20). The smallest absolute Gasteiger partial charge is 0.234 e. The van der Waals surface area contributed by atoms with Crippen molar-refractivity contribution < 1.29 is 9.90 Å². The molecule has 0 aliphatic rings. The van der Waals surface area contributed by atoms with Gasteiger partial charge in [0.25, 0.3) is 0 Å². The van der Waals surface area contributed by atoms with E-state index in [-0.39, 0.29) is 18.6 Å². The molecule has 0 fully saturated rings. The van der Waals surface area contributed by atoms with Crippen LogP contribution < -0.4 is 5.32 Å². The summed E-state index contributed by atoms with van der Waals surface area (Å²) < 4.78 is 0. The van der Waals surface area contributed by atoms with Crippen LogP contribution in [0.4, 0.5) is 0 Å². The molecule has 1 rings (SSSR count). The Bertz CT molecular complexity index is 393. The molecule has 20 heavy (non-hydrogen) atoms. The van der Waals surface area contributed by atoms with Gasteiger partial charge in [0.1, 0.15) is 0 Å². The first-order valence-corrected chi connectivity index (χ1v) is 7.19. The van der Waals surface area contributed by atoms with Crippen LogP contribution in [-0.2, 0) is 11.3 Å². The van der Waals surface area contributed by atoms with Gasteiger partial charge in [-0.15, -0.1) is 0 Å². The Balaban J connectivity index is 2.52. The maximum absolute atomic E-state index is 12.0. The van der Waals surface area contributed by atoms with Gasteiger partial charge in [-0.3, -0.25) is 9.69 Å². The van der Waals surface area contributed by atoms with E-state index in [0.717, 1.165) is 5.56 Å². The molecule has 4 heteroatoms. The first kappa shape index (κ1) is 16.7. The summed E-state index contributed by atoms with van der Waals surface area (Å²) in [6.45, 7) is 7.71. The number of carbonyl (C=O) groups is 1. The molecular formula is C16H26N2O2. The zero-order valence-electron chi connectivity index (χ0n) is 12.7. The van der Waals surface area contributed by atoms with Gasteiger partial charge in [0.15, 0.2) is 0 Å². The topological polar surface area (TPSA) is 52.6 Å². The van der Waals surface area contributed by atoms with Gasteiger partial charge in [-0.25, -0.2) is 0 Å². The molecule has 0 bridgehead atoms. The average molecular weight is 278 g/mol. The molecule has 1 atom stereocenters. The molecule has 1 aromatic rings.